The average Bonchev–Trinajstić information content (AvgIpc) is 2.31. The summed E-state index contributed by atoms with van der Waals surface area (Å²) in [5.41, 5.74) is 1.42. The Bertz CT molecular complexity index is 302. The lowest BCUT2D eigenvalue weighted by Gasteiger charge is -2.29. The Morgan fingerprint density at radius 2 is 1.87 bits per heavy atom. The molecule has 2 heteroatoms. The summed E-state index contributed by atoms with van der Waals surface area (Å²) in [5.74, 6) is 0.753. The van der Waals surface area contributed by atoms with Crippen LogP contribution in [0.4, 0.5) is 0 Å². The molecule has 2 nitrogen and oxygen atoms in total. The van der Waals surface area contributed by atoms with Crippen LogP contribution in [0.15, 0.2) is 30.3 Å². The lowest BCUT2D eigenvalue weighted by molar-refractivity contribution is -0.119. The van der Waals surface area contributed by atoms with Gasteiger partial charge in [-0.05, 0) is 30.7 Å². The third-order valence-corrected chi connectivity index (χ3v) is 3.17. The maximum absolute atomic E-state index is 10.6. The van der Waals surface area contributed by atoms with Gasteiger partial charge in [-0.1, -0.05) is 30.3 Å². The van der Waals surface area contributed by atoms with Crippen molar-refractivity contribution in [3.8, 4) is 0 Å². The van der Waals surface area contributed by atoms with Crippen LogP contribution in [0, 0.1) is 5.92 Å². The van der Waals surface area contributed by atoms with Crippen LogP contribution in [0.2, 0.25) is 0 Å². The van der Waals surface area contributed by atoms with Gasteiger partial charge in [0.1, 0.15) is 0 Å². The van der Waals surface area contributed by atoms with E-state index < -0.39 is 0 Å². The molecular formula is C13H17NO. The molecule has 2 rings (SSSR count). The van der Waals surface area contributed by atoms with E-state index in [1.807, 2.05) is 4.90 Å². The Morgan fingerprint density at radius 1 is 1.20 bits per heavy atom. The van der Waals surface area contributed by atoms with Crippen molar-refractivity contribution in [2.24, 2.45) is 5.92 Å². The fourth-order valence-electron chi connectivity index (χ4n) is 2.21. The molecule has 80 valence electrons. The fourth-order valence-corrected chi connectivity index (χ4v) is 2.21. The van der Waals surface area contributed by atoms with Crippen LogP contribution in [0.5, 0.6) is 0 Å². The number of hydrogen-bond donors (Lipinski definition) is 0. The number of amides is 1. The second-order valence-electron chi connectivity index (χ2n) is 4.27. The SMILES string of the molecule is O=CN1CCC(Cc2ccccc2)CC1. The summed E-state index contributed by atoms with van der Waals surface area (Å²) in [5, 5.41) is 0. The lowest BCUT2D eigenvalue weighted by atomic mass is 9.90. The van der Waals surface area contributed by atoms with Gasteiger partial charge in [0.15, 0.2) is 0 Å². The molecule has 0 unspecified atom stereocenters. The Hall–Kier alpha value is -1.31. The minimum Gasteiger partial charge on any atom is -0.345 e. The van der Waals surface area contributed by atoms with Crippen LogP contribution in [0.3, 0.4) is 0 Å². The van der Waals surface area contributed by atoms with E-state index in [9.17, 15) is 4.79 Å². The van der Waals surface area contributed by atoms with Crippen LogP contribution >= 0.6 is 0 Å². The first-order valence-electron chi connectivity index (χ1n) is 5.62. The number of piperidine rings is 1. The molecule has 1 fully saturated rings. The summed E-state index contributed by atoms with van der Waals surface area (Å²) >= 11 is 0. The highest BCUT2D eigenvalue weighted by Crippen LogP contribution is 2.20. The molecule has 1 aromatic rings. The van der Waals surface area contributed by atoms with Crippen molar-refractivity contribution in [2.45, 2.75) is 19.3 Å². The summed E-state index contributed by atoms with van der Waals surface area (Å²) in [6.45, 7) is 1.86. The van der Waals surface area contributed by atoms with Crippen LogP contribution in [-0.4, -0.2) is 24.4 Å². The normalized spacial score (nSPS) is 17.7. The zero-order chi connectivity index (χ0) is 10.5. The largest absolute Gasteiger partial charge is 0.345 e. The van der Waals surface area contributed by atoms with E-state index in [-0.39, 0.29) is 0 Å². The molecule has 0 saturated carbocycles. The highest BCUT2D eigenvalue weighted by atomic mass is 16.1. The van der Waals surface area contributed by atoms with Crippen molar-refractivity contribution >= 4 is 6.41 Å². The molecule has 0 atom stereocenters. The van der Waals surface area contributed by atoms with Crippen molar-refractivity contribution in [3.63, 3.8) is 0 Å². The molecular weight excluding hydrogens is 186 g/mol. The number of hydrogen-bond acceptors (Lipinski definition) is 1. The van der Waals surface area contributed by atoms with Gasteiger partial charge < -0.3 is 4.90 Å². The third-order valence-electron chi connectivity index (χ3n) is 3.17. The molecule has 0 N–H and O–H groups in total. The number of nitrogens with zero attached hydrogens (tertiary/aromatic N) is 1. The predicted molar refractivity (Wildman–Crippen MR) is 60.5 cm³/mol. The number of likely N-dealkylation sites (tertiary alicyclic amines) is 1. The van der Waals surface area contributed by atoms with Gasteiger partial charge in [0.2, 0.25) is 6.41 Å². The second-order valence-corrected chi connectivity index (χ2v) is 4.27. The molecule has 15 heavy (non-hydrogen) atoms. The zero-order valence-electron chi connectivity index (χ0n) is 8.93. The standard InChI is InChI=1S/C13H17NO/c15-11-14-8-6-13(7-9-14)10-12-4-2-1-3-5-12/h1-5,11,13H,6-10H2. The Morgan fingerprint density at radius 3 is 2.47 bits per heavy atom. The minimum atomic E-state index is 0.753. The van der Waals surface area contributed by atoms with Gasteiger partial charge in [0.05, 0.1) is 0 Å². The molecule has 0 aromatic heterocycles. The monoisotopic (exact) mass is 203 g/mol. The van der Waals surface area contributed by atoms with Crippen molar-refractivity contribution < 1.29 is 4.79 Å². The van der Waals surface area contributed by atoms with E-state index in [2.05, 4.69) is 30.3 Å². The lowest BCUT2D eigenvalue weighted by Crippen LogP contribution is -2.33. The minimum absolute atomic E-state index is 0.753. The average molecular weight is 203 g/mol. The second kappa shape index (κ2) is 4.96. The van der Waals surface area contributed by atoms with Crippen molar-refractivity contribution in [3.05, 3.63) is 35.9 Å². The highest BCUT2D eigenvalue weighted by molar-refractivity contribution is 5.47. The van der Waals surface area contributed by atoms with Crippen molar-refractivity contribution in [2.75, 3.05) is 13.1 Å². The molecule has 1 aliphatic rings. The molecule has 1 amide bonds. The molecule has 0 radical (unpaired) electrons. The number of benzene rings is 1. The van der Waals surface area contributed by atoms with Crippen molar-refractivity contribution in [1.29, 1.82) is 0 Å². The van der Waals surface area contributed by atoms with E-state index in [1.165, 1.54) is 5.56 Å². The van der Waals surface area contributed by atoms with Gasteiger partial charge in [-0.25, -0.2) is 0 Å². The highest BCUT2D eigenvalue weighted by Gasteiger charge is 2.17. The van der Waals surface area contributed by atoms with Gasteiger partial charge in [0.25, 0.3) is 0 Å². The van der Waals surface area contributed by atoms with Gasteiger partial charge in [-0.3, -0.25) is 4.79 Å². The van der Waals surface area contributed by atoms with Crippen molar-refractivity contribution in [1.82, 2.24) is 4.90 Å². The molecule has 0 bridgehead atoms. The van der Waals surface area contributed by atoms with Crippen LogP contribution in [0.1, 0.15) is 18.4 Å². The van der Waals surface area contributed by atoms with Gasteiger partial charge in [0, 0.05) is 13.1 Å². The summed E-state index contributed by atoms with van der Waals surface area (Å²) < 4.78 is 0. The van der Waals surface area contributed by atoms with E-state index >= 15 is 0 Å². The van der Waals surface area contributed by atoms with Crippen LogP contribution < -0.4 is 0 Å². The Kier molecular flexibility index (Phi) is 3.38. The van der Waals surface area contributed by atoms with E-state index in [0.717, 1.165) is 44.7 Å². The first-order chi connectivity index (χ1) is 7.38. The predicted octanol–water partition coefficient (Wildman–Crippen LogP) is 2.10. The molecule has 0 spiro atoms. The molecule has 1 aliphatic heterocycles. The first-order valence-corrected chi connectivity index (χ1v) is 5.62. The molecule has 1 heterocycles. The van der Waals surface area contributed by atoms with E-state index in [1.54, 1.807) is 0 Å². The Labute approximate surface area is 90.9 Å². The summed E-state index contributed by atoms with van der Waals surface area (Å²) in [4.78, 5) is 12.4. The number of rotatable bonds is 3. The zero-order valence-corrected chi connectivity index (χ0v) is 8.93. The van der Waals surface area contributed by atoms with Crippen LogP contribution in [0.25, 0.3) is 0 Å². The third kappa shape index (κ3) is 2.82. The van der Waals surface area contributed by atoms with Gasteiger partial charge in [-0.2, -0.15) is 0 Å². The van der Waals surface area contributed by atoms with Gasteiger partial charge in [-0.15, -0.1) is 0 Å². The summed E-state index contributed by atoms with van der Waals surface area (Å²) in [6, 6.07) is 10.6. The fraction of sp³-hybridized carbons (Fsp3) is 0.462. The molecule has 1 aromatic carbocycles. The smallest absolute Gasteiger partial charge is 0.209 e. The maximum Gasteiger partial charge on any atom is 0.209 e. The molecule has 1 saturated heterocycles. The summed E-state index contributed by atoms with van der Waals surface area (Å²) in [7, 11) is 0. The number of carbonyl (C=O) groups is 1. The summed E-state index contributed by atoms with van der Waals surface area (Å²) in [6.07, 6.45) is 4.42. The molecule has 0 aliphatic carbocycles. The van der Waals surface area contributed by atoms with Gasteiger partial charge >= 0.3 is 0 Å². The Balaban J connectivity index is 1.85. The topological polar surface area (TPSA) is 20.3 Å². The maximum atomic E-state index is 10.6. The van der Waals surface area contributed by atoms with E-state index in [4.69, 9.17) is 0 Å². The quantitative estimate of drug-likeness (QED) is 0.689. The number of carbonyl (C=O) groups excluding carboxylic acids is 1. The van der Waals surface area contributed by atoms with Crippen LogP contribution in [-0.2, 0) is 11.2 Å². The first kappa shape index (κ1) is 10.2. The van der Waals surface area contributed by atoms with E-state index in [0.29, 0.717) is 0 Å².